The van der Waals surface area contributed by atoms with E-state index in [9.17, 15) is 9.59 Å². The number of thiazole rings is 1. The van der Waals surface area contributed by atoms with Gasteiger partial charge in [-0.3, -0.25) is 14.9 Å². The van der Waals surface area contributed by atoms with Crippen LogP contribution in [-0.4, -0.2) is 44.8 Å². The van der Waals surface area contributed by atoms with Gasteiger partial charge in [0, 0.05) is 24.4 Å². The molecule has 2 amide bonds. The van der Waals surface area contributed by atoms with E-state index in [1.54, 1.807) is 17.5 Å². The first-order valence-electron chi connectivity index (χ1n) is 10.2. The molecule has 1 aliphatic rings. The van der Waals surface area contributed by atoms with Gasteiger partial charge in [0.25, 0.3) is 5.91 Å². The summed E-state index contributed by atoms with van der Waals surface area (Å²) in [7, 11) is 0. The largest absolute Gasteiger partial charge is 0.459 e. The zero-order valence-corrected chi connectivity index (χ0v) is 17.5. The third-order valence-electron chi connectivity index (χ3n) is 5.49. The number of aromatic amines is 1. The van der Waals surface area contributed by atoms with Crippen LogP contribution in [0, 0.1) is 0 Å². The molecule has 31 heavy (non-hydrogen) atoms. The molecule has 1 aliphatic heterocycles. The van der Waals surface area contributed by atoms with Crippen LogP contribution in [0.5, 0.6) is 0 Å². The van der Waals surface area contributed by atoms with E-state index < -0.39 is 0 Å². The Morgan fingerprint density at radius 1 is 1.16 bits per heavy atom. The smallest absolute Gasteiger partial charge is 0.293 e. The van der Waals surface area contributed by atoms with Crippen LogP contribution in [0.15, 0.2) is 52.5 Å². The number of nitrogens with one attached hydrogen (secondary N) is 2. The Balaban J connectivity index is 1.15. The predicted octanol–water partition coefficient (Wildman–Crippen LogP) is 3.81. The quantitative estimate of drug-likeness (QED) is 0.496. The molecule has 0 aliphatic carbocycles. The van der Waals surface area contributed by atoms with Gasteiger partial charge in [0.2, 0.25) is 5.91 Å². The minimum atomic E-state index is -0.357. The topological polar surface area (TPSA) is 104 Å². The second-order valence-corrected chi connectivity index (χ2v) is 8.40. The van der Waals surface area contributed by atoms with Crippen molar-refractivity contribution in [3.8, 4) is 0 Å². The maximum atomic E-state index is 12.7. The Hall–Kier alpha value is -3.46. The van der Waals surface area contributed by atoms with Crippen molar-refractivity contribution < 1.29 is 14.0 Å². The number of benzene rings is 1. The number of para-hydroxylation sites is 2. The first-order chi connectivity index (χ1) is 15.2. The fourth-order valence-electron chi connectivity index (χ4n) is 3.85. The van der Waals surface area contributed by atoms with Crippen molar-refractivity contribution in [1.82, 2.24) is 19.9 Å². The molecule has 9 heteroatoms. The first kappa shape index (κ1) is 19.5. The van der Waals surface area contributed by atoms with E-state index in [4.69, 9.17) is 9.40 Å². The van der Waals surface area contributed by atoms with Crippen LogP contribution in [0.4, 0.5) is 5.13 Å². The summed E-state index contributed by atoms with van der Waals surface area (Å²) in [6.07, 6.45) is 3.43. The highest BCUT2D eigenvalue weighted by Gasteiger charge is 2.26. The number of aromatic nitrogens is 3. The fourth-order valence-corrected chi connectivity index (χ4v) is 4.55. The molecule has 0 bridgehead atoms. The lowest BCUT2D eigenvalue weighted by atomic mass is 9.96. The average molecular weight is 436 g/mol. The lowest BCUT2D eigenvalue weighted by Crippen LogP contribution is -2.39. The molecule has 0 unspecified atom stereocenters. The highest BCUT2D eigenvalue weighted by Crippen LogP contribution is 2.28. The van der Waals surface area contributed by atoms with E-state index in [1.807, 2.05) is 29.2 Å². The van der Waals surface area contributed by atoms with Crippen LogP contribution in [0.2, 0.25) is 0 Å². The Kier molecular flexibility index (Phi) is 5.25. The molecule has 0 saturated carbocycles. The number of carbonyl (C=O) groups is 2. The lowest BCUT2D eigenvalue weighted by molar-refractivity contribution is -0.131. The molecule has 1 fully saturated rings. The number of carbonyl (C=O) groups excluding carboxylic acids is 2. The zero-order chi connectivity index (χ0) is 21.2. The number of piperidine rings is 1. The number of likely N-dealkylation sites (tertiary alicyclic amines) is 1. The van der Waals surface area contributed by atoms with Crippen molar-refractivity contribution >= 4 is 39.3 Å². The standard InChI is InChI=1S/C22H21N5O3S/c28-19(12-15-13-31-22(23-15)26-21(29)18-6-3-11-30-18)27-9-7-14(8-10-27)20-24-16-4-1-2-5-17(16)25-20/h1-6,11,13-14H,7-10,12H2,(H,24,25)(H,23,26,29). The third-order valence-corrected chi connectivity index (χ3v) is 6.30. The Labute approximate surface area is 182 Å². The van der Waals surface area contributed by atoms with Gasteiger partial charge in [-0.1, -0.05) is 12.1 Å². The summed E-state index contributed by atoms with van der Waals surface area (Å²) in [4.78, 5) is 39.1. The number of fused-ring (bicyclic) bond motifs is 1. The molecular formula is C22H21N5O3S. The zero-order valence-electron chi connectivity index (χ0n) is 16.7. The van der Waals surface area contributed by atoms with Crippen LogP contribution in [-0.2, 0) is 11.2 Å². The van der Waals surface area contributed by atoms with E-state index >= 15 is 0 Å². The fraction of sp³-hybridized carbons (Fsp3) is 0.273. The summed E-state index contributed by atoms with van der Waals surface area (Å²) in [5, 5.41) is 4.95. The van der Waals surface area contributed by atoms with Crippen LogP contribution >= 0.6 is 11.3 Å². The number of nitrogens with zero attached hydrogens (tertiary/aromatic N) is 3. The second kappa shape index (κ2) is 8.35. The highest BCUT2D eigenvalue weighted by atomic mass is 32.1. The minimum absolute atomic E-state index is 0.0530. The average Bonchev–Trinajstić information content (AvgIpc) is 3.54. The molecule has 0 radical (unpaired) electrons. The van der Waals surface area contributed by atoms with Crippen molar-refractivity contribution in [2.75, 3.05) is 18.4 Å². The highest BCUT2D eigenvalue weighted by molar-refractivity contribution is 7.14. The molecule has 4 aromatic rings. The molecule has 1 aromatic carbocycles. The molecule has 0 atom stereocenters. The van der Waals surface area contributed by atoms with Crippen molar-refractivity contribution in [3.05, 3.63) is 65.3 Å². The van der Waals surface area contributed by atoms with Gasteiger partial charge in [0.15, 0.2) is 10.9 Å². The minimum Gasteiger partial charge on any atom is -0.459 e. The molecule has 4 heterocycles. The number of anilines is 1. The van der Waals surface area contributed by atoms with Gasteiger partial charge in [-0.25, -0.2) is 9.97 Å². The second-order valence-electron chi connectivity index (χ2n) is 7.55. The van der Waals surface area contributed by atoms with Crippen molar-refractivity contribution in [2.45, 2.75) is 25.2 Å². The molecule has 1 saturated heterocycles. The summed E-state index contributed by atoms with van der Waals surface area (Å²) >= 11 is 1.30. The van der Waals surface area contributed by atoms with Gasteiger partial charge in [-0.15, -0.1) is 11.3 Å². The molecular weight excluding hydrogens is 414 g/mol. The van der Waals surface area contributed by atoms with E-state index in [2.05, 4.69) is 15.3 Å². The van der Waals surface area contributed by atoms with Crippen molar-refractivity contribution in [1.29, 1.82) is 0 Å². The third kappa shape index (κ3) is 4.22. The number of amides is 2. The first-order valence-corrected chi connectivity index (χ1v) is 11.1. The number of hydrogen-bond acceptors (Lipinski definition) is 6. The van der Waals surface area contributed by atoms with Crippen LogP contribution in [0.3, 0.4) is 0 Å². The van der Waals surface area contributed by atoms with Crippen molar-refractivity contribution in [2.24, 2.45) is 0 Å². The van der Waals surface area contributed by atoms with E-state index in [-0.39, 0.29) is 24.0 Å². The summed E-state index contributed by atoms with van der Waals surface area (Å²) < 4.78 is 5.07. The molecule has 3 aromatic heterocycles. The van der Waals surface area contributed by atoms with Gasteiger partial charge >= 0.3 is 0 Å². The van der Waals surface area contributed by atoms with Gasteiger partial charge in [0.1, 0.15) is 5.82 Å². The van der Waals surface area contributed by atoms with Crippen LogP contribution in [0.25, 0.3) is 11.0 Å². The monoisotopic (exact) mass is 435 g/mol. The number of hydrogen-bond donors (Lipinski definition) is 2. The SMILES string of the molecule is O=C(Nc1nc(CC(=O)N2CCC(c3nc4ccccc4[nH]3)CC2)cs1)c1ccco1. The Morgan fingerprint density at radius 3 is 2.77 bits per heavy atom. The normalized spacial score (nSPS) is 14.8. The number of H-pyrrole nitrogens is 1. The van der Waals surface area contributed by atoms with Crippen LogP contribution in [0.1, 0.15) is 40.8 Å². The van der Waals surface area contributed by atoms with Gasteiger partial charge in [-0.2, -0.15) is 0 Å². The number of rotatable bonds is 5. The van der Waals surface area contributed by atoms with Gasteiger partial charge in [0.05, 0.1) is 29.4 Å². The summed E-state index contributed by atoms with van der Waals surface area (Å²) in [5.41, 5.74) is 2.69. The number of furan rings is 1. The molecule has 5 rings (SSSR count). The Bertz CT molecular complexity index is 1170. The van der Waals surface area contributed by atoms with E-state index in [0.29, 0.717) is 29.8 Å². The summed E-state index contributed by atoms with van der Waals surface area (Å²) in [6.45, 7) is 1.40. The molecule has 0 spiro atoms. The molecule has 2 N–H and O–H groups in total. The molecule has 8 nitrogen and oxygen atoms in total. The van der Waals surface area contributed by atoms with E-state index in [1.165, 1.54) is 17.6 Å². The maximum absolute atomic E-state index is 12.7. The summed E-state index contributed by atoms with van der Waals surface area (Å²) in [5.74, 6) is 1.26. The predicted molar refractivity (Wildman–Crippen MR) is 117 cm³/mol. The van der Waals surface area contributed by atoms with Crippen LogP contribution < -0.4 is 5.32 Å². The van der Waals surface area contributed by atoms with Gasteiger partial charge < -0.3 is 14.3 Å². The number of imidazole rings is 1. The lowest BCUT2D eigenvalue weighted by Gasteiger charge is -2.31. The molecule has 158 valence electrons. The van der Waals surface area contributed by atoms with Gasteiger partial charge in [-0.05, 0) is 37.1 Å². The Morgan fingerprint density at radius 2 is 2.00 bits per heavy atom. The van der Waals surface area contributed by atoms with E-state index in [0.717, 1.165) is 29.7 Å². The van der Waals surface area contributed by atoms with Crippen molar-refractivity contribution in [3.63, 3.8) is 0 Å². The maximum Gasteiger partial charge on any atom is 0.293 e. The summed E-state index contributed by atoms with van der Waals surface area (Å²) in [6, 6.07) is 11.3.